The molecule has 0 radical (unpaired) electrons. The average molecular weight is 443 g/mol. The van der Waals surface area contributed by atoms with Crippen LogP contribution in [0.25, 0.3) is 0 Å². The fraction of sp³-hybridized carbons (Fsp3) is 0.889. The highest BCUT2D eigenvalue weighted by Gasteiger charge is 2.64. The molecule has 0 aromatic carbocycles. The third-order valence-electron chi connectivity index (χ3n) is 6.62. The highest BCUT2D eigenvalue weighted by Crippen LogP contribution is 2.65. The van der Waals surface area contributed by atoms with E-state index >= 15 is 0 Å². The Morgan fingerprint density at radius 3 is 2.07 bits per heavy atom. The van der Waals surface area contributed by atoms with Crippen LogP contribution in [0.4, 0.5) is 17.6 Å². The van der Waals surface area contributed by atoms with Gasteiger partial charge >= 0.3 is 23.1 Å². The lowest BCUT2D eigenvalue weighted by molar-refractivity contribution is -0.193. The standard InChI is InChI=1S/C18H24F4O6S/c1-27-13(23)15-6-11-5-12(7-15)9-16(8-11,10-15)14(24)28-4-2-3-17(19,20)18(21,22)29(25)26/h11-12H,2-10H2,1H3,(H,25,26)/p-1. The maximum Gasteiger partial charge on any atom is 0.371 e. The van der Waals surface area contributed by atoms with E-state index in [0.29, 0.717) is 25.7 Å². The van der Waals surface area contributed by atoms with Gasteiger partial charge in [-0.2, -0.15) is 17.6 Å². The van der Waals surface area contributed by atoms with Gasteiger partial charge in [0.1, 0.15) is 0 Å². The summed E-state index contributed by atoms with van der Waals surface area (Å²) in [4.78, 5) is 25.1. The summed E-state index contributed by atoms with van der Waals surface area (Å²) in [6.07, 6.45) is 1.54. The van der Waals surface area contributed by atoms with Crippen LogP contribution in [0.2, 0.25) is 0 Å². The molecule has 0 aliphatic heterocycles. The third kappa shape index (κ3) is 3.80. The molecule has 0 aromatic heterocycles. The molecule has 166 valence electrons. The molecule has 4 saturated carbocycles. The molecule has 11 heteroatoms. The lowest BCUT2D eigenvalue weighted by atomic mass is 9.44. The Morgan fingerprint density at radius 2 is 1.59 bits per heavy atom. The van der Waals surface area contributed by atoms with Crippen molar-refractivity contribution >= 4 is 23.0 Å². The van der Waals surface area contributed by atoms with Crippen LogP contribution in [-0.4, -0.2) is 45.6 Å². The van der Waals surface area contributed by atoms with E-state index in [9.17, 15) is 35.9 Å². The quantitative estimate of drug-likeness (QED) is 0.248. The number of methoxy groups -OCH3 is 1. The van der Waals surface area contributed by atoms with Crippen LogP contribution in [0.3, 0.4) is 0 Å². The molecular formula is C18H23F4O6S-. The summed E-state index contributed by atoms with van der Waals surface area (Å²) in [6.45, 7) is -0.529. The van der Waals surface area contributed by atoms with Gasteiger partial charge in [-0.05, 0) is 56.8 Å². The number of carbonyl (C=O) groups is 2. The molecule has 0 heterocycles. The van der Waals surface area contributed by atoms with Crippen LogP contribution in [-0.2, 0) is 30.1 Å². The summed E-state index contributed by atoms with van der Waals surface area (Å²) >= 11 is -4.26. The van der Waals surface area contributed by atoms with Gasteiger partial charge in [0.15, 0.2) is 0 Å². The Bertz CT molecular complexity index is 698. The van der Waals surface area contributed by atoms with Gasteiger partial charge in [0.2, 0.25) is 0 Å². The largest absolute Gasteiger partial charge is 0.768 e. The summed E-state index contributed by atoms with van der Waals surface area (Å²) in [5.41, 5.74) is -1.62. The number of alkyl halides is 4. The molecule has 0 saturated heterocycles. The van der Waals surface area contributed by atoms with Crippen molar-refractivity contribution in [1.82, 2.24) is 0 Å². The maximum absolute atomic E-state index is 13.4. The Morgan fingerprint density at radius 1 is 1.07 bits per heavy atom. The molecule has 0 spiro atoms. The van der Waals surface area contributed by atoms with Crippen molar-refractivity contribution in [3.63, 3.8) is 0 Å². The molecule has 4 bridgehead atoms. The van der Waals surface area contributed by atoms with Gasteiger partial charge in [-0.1, -0.05) is 0 Å². The molecule has 3 unspecified atom stereocenters. The minimum Gasteiger partial charge on any atom is -0.768 e. The van der Waals surface area contributed by atoms with E-state index in [0.717, 1.165) is 6.42 Å². The minimum atomic E-state index is -5.19. The second-order valence-corrected chi connectivity index (χ2v) is 9.69. The third-order valence-corrected chi connectivity index (χ3v) is 7.33. The number of halogens is 4. The zero-order valence-corrected chi connectivity index (χ0v) is 16.7. The molecule has 0 aromatic rings. The average Bonchev–Trinajstić information content (AvgIpc) is 2.62. The van der Waals surface area contributed by atoms with Crippen molar-refractivity contribution in [2.45, 2.75) is 62.5 Å². The van der Waals surface area contributed by atoms with Crippen molar-refractivity contribution < 1.29 is 45.4 Å². The highest BCUT2D eigenvalue weighted by molar-refractivity contribution is 7.80. The Kier molecular flexibility index (Phi) is 5.79. The smallest absolute Gasteiger partial charge is 0.371 e. The first-order valence-electron chi connectivity index (χ1n) is 9.48. The fourth-order valence-electron chi connectivity index (χ4n) is 5.84. The van der Waals surface area contributed by atoms with Gasteiger partial charge in [-0.15, -0.1) is 0 Å². The van der Waals surface area contributed by atoms with E-state index in [1.807, 2.05) is 0 Å². The fourth-order valence-corrected chi connectivity index (χ4v) is 6.18. The van der Waals surface area contributed by atoms with Crippen LogP contribution < -0.4 is 0 Å². The molecule has 6 nitrogen and oxygen atoms in total. The van der Waals surface area contributed by atoms with Crippen molar-refractivity contribution in [1.29, 1.82) is 0 Å². The van der Waals surface area contributed by atoms with Crippen LogP contribution in [0.5, 0.6) is 0 Å². The zero-order chi connectivity index (χ0) is 21.7. The SMILES string of the molecule is COC(=O)C12CC3CC(C1)CC(C(=O)OCCCC(F)(F)C(F)(F)S(=O)[O-])(C3)C2. The van der Waals surface area contributed by atoms with E-state index < -0.39 is 58.5 Å². The van der Waals surface area contributed by atoms with Gasteiger partial charge in [-0.3, -0.25) is 13.8 Å². The predicted octanol–water partition coefficient (Wildman–Crippen LogP) is 3.18. The lowest BCUT2D eigenvalue weighted by Crippen LogP contribution is -2.58. The first-order chi connectivity index (χ1) is 13.4. The number of carbonyl (C=O) groups excluding carboxylic acids is 2. The molecular weight excluding hydrogens is 420 g/mol. The van der Waals surface area contributed by atoms with Crippen LogP contribution >= 0.6 is 0 Å². The number of hydrogen-bond acceptors (Lipinski definition) is 6. The number of rotatable bonds is 8. The molecule has 4 fully saturated rings. The molecule has 0 N–H and O–H groups in total. The number of esters is 2. The Balaban J connectivity index is 1.60. The number of ether oxygens (including phenoxy) is 2. The topological polar surface area (TPSA) is 92.7 Å². The number of hydrogen-bond donors (Lipinski definition) is 0. The van der Waals surface area contributed by atoms with Crippen molar-refractivity contribution in [3.8, 4) is 0 Å². The van der Waals surface area contributed by atoms with E-state index in [2.05, 4.69) is 0 Å². The minimum absolute atomic E-state index is 0.179. The van der Waals surface area contributed by atoms with Crippen LogP contribution in [0.15, 0.2) is 0 Å². The maximum atomic E-state index is 13.4. The molecule has 3 atom stereocenters. The van der Waals surface area contributed by atoms with E-state index in [1.54, 1.807) is 0 Å². The monoisotopic (exact) mass is 443 g/mol. The molecule has 0 amide bonds. The van der Waals surface area contributed by atoms with Crippen molar-refractivity contribution in [2.75, 3.05) is 13.7 Å². The van der Waals surface area contributed by atoms with Crippen molar-refractivity contribution in [2.24, 2.45) is 22.7 Å². The van der Waals surface area contributed by atoms with Gasteiger partial charge in [0, 0.05) is 17.5 Å². The van der Waals surface area contributed by atoms with Crippen LogP contribution in [0.1, 0.15) is 51.4 Å². The zero-order valence-electron chi connectivity index (χ0n) is 15.9. The summed E-state index contributed by atoms with van der Waals surface area (Å²) < 4.78 is 83.7. The molecule has 4 aliphatic carbocycles. The lowest BCUT2D eigenvalue weighted by Gasteiger charge is -2.59. The van der Waals surface area contributed by atoms with E-state index in [-0.39, 0.29) is 24.2 Å². The predicted molar refractivity (Wildman–Crippen MR) is 90.6 cm³/mol. The summed E-state index contributed by atoms with van der Waals surface area (Å²) in [7, 11) is 1.30. The highest BCUT2D eigenvalue weighted by atomic mass is 32.2. The second kappa shape index (κ2) is 7.47. The van der Waals surface area contributed by atoms with E-state index in [4.69, 9.17) is 9.47 Å². The summed E-state index contributed by atoms with van der Waals surface area (Å²) in [6, 6.07) is 0. The molecule has 4 rings (SSSR count). The van der Waals surface area contributed by atoms with Gasteiger partial charge < -0.3 is 14.0 Å². The Hall–Kier alpha value is -1.23. The first-order valence-corrected chi connectivity index (χ1v) is 10.6. The summed E-state index contributed by atoms with van der Waals surface area (Å²) in [5.74, 6) is -5.36. The molecule has 29 heavy (non-hydrogen) atoms. The second-order valence-electron chi connectivity index (χ2n) is 8.71. The van der Waals surface area contributed by atoms with Gasteiger partial charge in [0.05, 0.1) is 24.5 Å². The van der Waals surface area contributed by atoms with Crippen molar-refractivity contribution in [3.05, 3.63) is 0 Å². The summed E-state index contributed by atoms with van der Waals surface area (Å²) in [5, 5.41) is -5.19. The van der Waals surface area contributed by atoms with Gasteiger partial charge in [0.25, 0.3) is 0 Å². The van der Waals surface area contributed by atoms with E-state index in [1.165, 1.54) is 7.11 Å². The molecule has 4 aliphatic rings. The van der Waals surface area contributed by atoms with Gasteiger partial charge in [-0.25, -0.2) is 0 Å². The first kappa shape index (κ1) is 22.5. The Labute approximate surface area is 168 Å². The van der Waals surface area contributed by atoms with Crippen LogP contribution in [0, 0.1) is 22.7 Å². The normalized spacial score (nSPS) is 34.7.